The normalized spacial score (nSPS) is 15.0. The maximum absolute atomic E-state index is 12.7. The largest absolute Gasteiger partial charge is 0.497 e. The average Bonchev–Trinajstić information content (AvgIpc) is 2.99. The molecule has 2 aromatic carbocycles. The average molecular weight is 442 g/mol. The van der Waals surface area contributed by atoms with Gasteiger partial charge < -0.3 is 9.84 Å². The standard InChI is InChI=1S/C22H19NO5S2/c1-28-17-8-6-14(7-9-17)12-19-20(25)23(22(29)30-19)11-10-16(24)13-15-4-2-3-5-18(15)21(26)27/h2-9,12H,10-11,13H2,1H3,(H,26,27)/b19-12-. The van der Waals surface area contributed by atoms with E-state index in [2.05, 4.69) is 0 Å². The van der Waals surface area contributed by atoms with E-state index in [9.17, 15) is 19.5 Å². The van der Waals surface area contributed by atoms with Crippen LogP contribution in [0.4, 0.5) is 0 Å². The molecule has 1 N–H and O–H groups in total. The lowest BCUT2D eigenvalue weighted by molar-refractivity contribution is -0.123. The zero-order chi connectivity index (χ0) is 21.7. The molecule has 1 aliphatic heterocycles. The van der Waals surface area contributed by atoms with E-state index < -0.39 is 5.97 Å². The maximum Gasteiger partial charge on any atom is 0.335 e. The van der Waals surface area contributed by atoms with Crippen molar-refractivity contribution in [3.8, 4) is 5.75 Å². The van der Waals surface area contributed by atoms with Crippen LogP contribution in [0.1, 0.15) is 27.9 Å². The molecule has 0 aromatic heterocycles. The number of hydrogen-bond acceptors (Lipinski definition) is 6. The SMILES string of the molecule is COc1ccc(/C=C2\SC(=S)N(CCC(=O)Cc3ccccc3C(=O)O)C2=O)cc1. The topological polar surface area (TPSA) is 83.9 Å². The quantitative estimate of drug-likeness (QED) is 0.493. The third-order valence-electron chi connectivity index (χ3n) is 4.54. The number of hydrogen-bond donors (Lipinski definition) is 1. The lowest BCUT2D eigenvalue weighted by atomic mass is 10.0. The molecular formula is C22H19NO5S2. The number of amides is 1. The van der Waals surface area contributed by atoms with E-state index in [0.29, 0.717) is 14.8 Å². The van der Waals surface area contributed by atoms with Crippen LogP contribution in [0.15, 0.2) is 53.4 Å². The van der Waals surface area contributed by atoms with E-state index >= 15 is 0 Å². The number of rotatable bonds is 8. The van der Waals surface area contributed by atoms with E-state index in [1.165, 1.54) is 22.7 Å². The lowest BCUT2D eigenvalue weighted by Crippen LogP contribution is -2.30. The number of carbonyl (C=O) groups excluding carboxylic acids is 2. The molecule has 6 nitrogen and oxygen atoms in total. The van der Waals surface area contributed by atoms with Crippen molar-refractivity contribution in [1.82, 2.24) is 4.90 Å². The van der Waals surface area contributed by atoms with Crippen LogP contribution in [-0.2, 0) is 16.0 Å². The van der Waals surface area contributed by atoms with Crippen molar-refractivity contribution in [2.24, 2.45) is 0 Å². The summed E-state index contributed by atoms with van der Waals surface area (Å²) >= 11 is 6.50. The predicted octanol–water partition coefficient (Wildman–Crippen LogP) is 3.80. The summed E-state index contributed by atoms with van der Waals surface area (Å²) in [6, 6.07) is 13.7. The van der Waals surface area contributed by atoms with Gasteiger partial charge in [-0.3, -0.25) is 14.5 Å². The number of carbonyl (C=O) groups is 3. The van der Waals surface area contributed by atoms with Crippen LogP contribution in [0.25, 0.3) is 6.08 Å². The van der Waals surface area contributed by atoms with Crippen LogP contribution in [0, 0.1) is 0 Å². The molecule has 2 aromatic rings. The molecule has 1 saturated heterocycles. The van der Waals surface area contributed by atoms with Gasteiger partial charge in [0.15, 0.2) is 0 Å². The minimum atomic E-state index is -1.07. The first-order valence-corrected chi connectivity index (χ1v) is 10.3. The van der Waals surface area contributed by atoms with Gasteiger partial charge in [-0.2, -0.15) is 0 Å². The monoisotopic (exact) mass is 441 g/mol. The number of ketones is 1. The highest BCUT2D eigenvalue weighted by molar-refractivity contribution is 8.26. The molecule has 0 saturated carbocycles. The second-order valence-corrected chi connectivity index (χ2v) is 8.21. The molecule has 0 aliphatic carbocycles. The number of aromatic carboxylic acids is 1. The second-order valence-electron chi connectivity index (χ2n) is 6.53. The van der Waals surface area contributed by atoms with Gasteiger partial charge in [0.2, 0.25) is 0 Å². The molecule has 0 unspecified atom stereocenters. The fraction of sp³-hybridized carbons (Fsp3) is 0.182. The third kappa shape index (κ3) is 5.14. The van der Waals surface area contributed by atoms with Gasteiger partial charge in [-0.25, -0.2) is 4.79 Å². The Morgan fingerprint density at radius 2 is 1.87 bits per heavy atom. The van der Waals surface area contributed by atoms with E-state index in [1.807, 2.05) is 12.1 Å². The molecule has 154 valence electrons. The Hall–Kier alpha value is -2.97. The van der Waals surface area contributed by atoms with E-state index in [4.69, 9.17) is 17.0 Å². The van der Waals surface area contributed by atoms with Gasteiger partial charge in [0.05, 0.1) is 17.6 Å². The number of Topliss-reactive ketones (excluding diaryl/α,β-unsaturated/α-hetero) is 1. The summed E-state index contributed by atoms with van der Waals surface area (Å²) in [5, 5.41) is 9.23. The summed E-state index contributed by atoms with van der Waals surface area (Å²) in [5.41, 5.74) is 1.41. The van der Waals surface area contributed by atoms with E-state index in [0.717, 1.165) is 11.3 Å². The van der Waals surface area contributed by atoms with Crippen LogP contribution in [-0.4, -0.2) is 45.6 Å². The molecule has 30 heavy (non-hydrogen) atoms. The molecule has 0 radical (unpaired) electrons. The summed E-state index contributed by atoms with van der Waals surface area (Å²) in [7, 11) is 1.59. The van der Waals surface area contributed by atoms with E-state index in [-0.39, 0.29) is 36.6 Å². The van der Waals surface area contributed by atoms with Crippen LogP contribution >= 0.6 is 24.0 Å². The fourth-order valence-electron chi connectivity index (χ4n) is 2.96. The molecule has 1 fully saturated rings. The summed E-state index contributed by atoms with van der Waals surface area (Å²) in [6.45, 7) is 0.165. The maximum atomic E-state index is 12.7. The fourth-order valence-corrected chi connectivity index (χ4v) is 4.27. The highest BCUT2D eigenvalue weighted by Crippen LogP contribution is 2.33. The Balaban J connectivity index is 1.62. The van der Waals surface area contributed by atoms with Crippen molar-refractivity contribution in [2.45, 2.75) is 12.8 Å². The number of carboxylic acids is 1. The zero-order valence-corrected chi connectivity index (χ0v) is 17.8. The Morgan fingerprint density at radius 3 is 2.53 bits per heavy atom. The number of carboxylic acid groups (broad SMARTS) is 1. The highest BCUT2D eigenvalue weighted by Gasteiger charge is 2.32. The van der Waals surface area contributed by atoms with Crippen LogP contribution in [0.2, 0.25) is 0 Å². The molecule has 0 spiro atoms. The van der Waals surface area contributed by atoms with Gasteiger partial charge in [0, 0.05) is 19.4 Å². The Morgan fingerprint density at radius 1 is 1.17 bits per heavy atom. The first kappa shape index (κ1) is 21.7. The molecule has 0 atom stereocenters. The van der Waals surface area contributed by atoms with Crippen LogP contribution in [0.3, 0.4) is 0 Å². The van der Waals surface area contributed by atoms with Crippen molar-refractivity contribution in [2.75, 3.05) is 13.7 Å². The van der Waals surface area contributed by atoms with Gasteiger partial charge in [0.1, 0.15) is 15.9 Å². The Kier molecular flexibility index (Phi) is 7.02. The molecular weight excluding hydrogens is 422 g/mol. The number of benzene rings is 2. The zero-order valence-electron chi connectivity index (χ0n) is 16.2. The number of methoxy groups -OCH3 is 1. The Bertz CT molecular complexity index is 1030. The molecule has 8 heteroatoms. The molecule has 3 rings (SSSR count). The van der Waals surface area contributed by atoms with Gasteiger partial charge in [-0.1, -0.05) is 54.3 Å². The van der Waals surface area contributed by atoms with Crippen LogP contribution in [0.5, 0.6) is 5.75 Å². The summed E-state index contributed by atoms with van der Waals surface area (Å²) < 4.78 is 5.53. The number of thioether (sulfide) groups is 1. The van der Waals surface area contributed by atoms with Gasteiger partial charge in [-0.15, -0.1) is 0 Å². The molecule has 1 aliphatic rings. The minimum Gasteiger partial charge on any atom is -0.497 e. The van der Waals surface area contributed by atoms with Gasteiger partial charge in [-0.05, 0) is 35.4 Å². The van der Waals surface area contributed by atoms with Crippen molar-refractivity contribution in [3.05, 3.63) is 70.1 Å². The first-order chi connectivity index (χ1) is 14.4. The minimum absolute atomic E-state index is 0.00104. The number of ether oxygens (including phenoxy) is 1. The molecule has 0 bridgehead atoms. The van der Waals surface area contributed by atoms with Crippen molar-refractivity contribution >= 4 is 52.0 Å². The highest BCUT2D eigenvalue weighted by atomic mass is 32.2. The Labute approximate surface area is 183 Å². The van der Waals surface area contributed by atoms with Gasteiger partial charge >= 0.3 is 5.97 Å². The van der Waals surface area contributed by atoms with Crippen molar-refractivity contribution < 1.29 is 24.2 Å². The summed E-state index contributed by atoms with van der Waals surface area (Å²) in [6.07, 6.45) is 1.85. The number of thiocarbonyl (C=S) groups is 1. The number of nitrogens with zero attached hydrogens (tertiary/aromatic N) is 1. The predicted molar refractivity (Wildman–Crippen MR) is 120 cm³/mol. The van der Waals surface area contributed by atoms with Crippen LogP contribution < -0.4 is 4.74 Å². The van der Waals surface area contributed by atoms with Crippen molar-refractivity contribution in [3.63, 3.8) is 0 Å². The molecule has 1 amide bonds. The summed E-state index contributed by atoms with van der Waals surface area (Å²) in [4.78, 5) is 38.3. The van der Waals surface area contributed by atoms with E-state index in [1.54, 1.807) is 43.5 Å². The van der Waals surface area contributed by atoms with Crippen molar-refractivity contribution in [1.29, 1.82) is 0 Å². The van der Waals surface area contributed by atoms with Gasteiger partial charge in [0.25, 0.3) is 5.91 Å². The third-order valence-corrected chi connectivity index (χ3v) is 5.91. The molecule has 1 heterocycles. The second kappa shape index (κ2) is 9.69. The smallest absolute Gasteiger partial charge is 0.335 e. The lowest BCUT2D eigenvalue weighted by Gasteiger charge is -2.14. The summed E-state index contributed by atoms with van der Waals surface area (Å²) in [5.74, 6) is -0.738. The first-order valence-electron chi connectivity index (χ1n) is 9.11.